The summed E-state index contributed by atoms with van der Waals surface area (Å²) in [7, 11) is 1.36. The first-order valence-electron chi connectivity index (χ1n) is 9.07. The maximum Gasteiger partial charge on any atom is 0.337 e. The van der Waals surface area contributed by atoms with Crippen molar-refractivity contribution in [2.75, 3.05) is 33.3 Å². The summed E-state index contributed by atoms with van der Waals surface area (Å²) in [5.74, 6) is -0.284. The molecular weight excluding hydrogens is 316 g/mol. The maximum absolute atomic E-state index is 12.5. The fourth-order valence-electron chi connectivity index (χ4n) is 3.68. The molecule has 0 aliphatic carbocycles. The van der Waals surface area contributed by atoms with Crippen LogP contribution in [0.1, 0.15) is 41.6 Å². The van der Waals surface area contributed by atoms with Crippen molar-refractivity contribution in [1.29, 1.82) is 0 Å². The van der Waals surface area contributed by atoms with Crippen LogP contribution in [0.3, 0.4) is 0 Å². The first-order valence-corrected chi connectivity index (χ1v) is 9.07. The first kappa shape index (κ1) is 17.7. The van der Waals surface area contributed by atoms with Crippen molar-refractivity contribution in [2.45, 2.75) is 31.7 Å². The van der Waals surface area contributed by atoms with Crippen LogP contribution in [0.25, 0.3) is 6.08 Å². The number of esters is 1. The number of likely N-dealkylation sites (tertiary alicyclic amines) is 2. The molecule has 2 saturated heterocycles. The summed E-state index contributed by atoms with van der Waals surface area (Å²) in [5, 5.41) is 0. The van der Waals surface area contributed by atoms with Gasteiger partial charge in [-0.1, -0.05) is 12.1 Å². The summed E-state index contributed by atoms with van der Waals surface area (Å²) in [6.07, 6.45) is 8.29. The predicted octanol–water partition coefficient (Wildman–Crippen LogP) is 2.57. The zero-order valence-corrected chi connectivity index (χ0v) is 14.8. The van der Waals surface area contributed by atoms with Crippen molar-refractivity contribution in [3.8, 4) is 0 Å². The lowest BCUT2D eigenvalue weighted by molar-refractivity contribution is -0.128. The molecule has 2 aliphatic heterocycles. The molecule has 1 amide bonds. The van der Waals surface area contributed by atoms with Crippen LogP contribution in [-0.2, 0) is 9.53 Å². The lowest BCUT2D eigenvalue weighted by atomic mass is 10.0. The lowest BCUT2D eigenvalue weighted by Gasteiger charge is -2.37. The summed E-state index contributed by atoms with van der Waals surface area (Å²) in [4.78, 5) is 28.4. The molecule has 2 heterocycles. The van der Waals surface area contributed by atoms with Crippen LogP contribution in [0.2, 0.25) is 0 Å². The number of methoxy groups -OCH3 is 1. The van der Waals surface area contributed by atoms with E-state index in [1.165, 1.54) is 39.5 Å². The zero-order valence-electron chi connectivity index (χ0n) is 14.8. The van der Waals surface area contributed by atoms with Gasteiger partial charge >= 0.3 is 5.97 Å². The molecule has 2 aliphatic rings. The number of hydrogen-bond acceptors (Lipinski definition) is 4. The van der Waals surface area contributed by atoms with Gasteiger partial charge in [-0.25, -0.2) is 4.79 Å². The van der Waals surface area contributed by atoms with Crippen molar-refractivity contribution in [2.24, 2.45) is 0 Å². The van der Waals surface area contributed by atoms with Crippen LogP contribution in [0, 0.1) is 0 Å². The molecule has 5 nitrogen and oxygen atoms in total. The van der Waals surface area contributed by atoms with E-state index >= 15 is 0 Å². The standard InChI is InChI=1S/C20H26N2O3/c1-25-20(24)17-9-6-16(7-10-17)8-11-19(23)22-14-4-5-18(15-22)21-12-2-3-13-21/h6-11,18H,2-5,12-15H2,1H3/b11-8-/t18-/m1/s1. The second-order valence-corrected chi connectivity index (χ2v) is 6.77. The maximum atomic E-state index is 12.5. The molecule has 1 atom stereocenters. The fourth-order valence-corrected chi connectivity index (χ4v) is 3.68. The van der Waals surface area contributed by atoms with Crippen molar-refractivity contribution >= 4 is 18.0 Å². The summed E-state index contributed by atoms with van der Waals surface area (Å²) < 4.78 is 4.68. The van der Waals surface area contributed by atoms with Crippen molar-refractivity contribution < 1.29 is 14.3 Å². The van der Waals surface area contributed by atoms with Crippen LogP contribution in [-0.4, -0.2) is 61.0 Å². The molecule has 134 valence electrons. The first-order chi connectivity index (χ1) is 12.2. The van der Waals surface area contributed by atoms with Gasteiger partial charge in [-0.3, -0.25) is 9.69 Å². The number of piperidine rings is 1. The molecule has 3 rings (SSSR count). The van der Waals surface area contributed by atoms with Gasteiger partial charge in [-0.05, 0) is 62.5 Å². The second kappa shape index (κ2) is 8.30. The highest BCUT2D eigenvalue weighted by Gasteiger charge is 2.28. The van der Waals surface area contributed by atoms with Gasteiger partial charge in [-0.2, -0.15) is 0 Å². The van der Waals surface area contributed by atoms with Gasteiger partial charge < -0.3 is 9.64 Å². The van der Waals surface area contributed by atoms with Crippen LogP contribution in [0.5, 0.6) is 0 Å². The van der Waals surface area contributed by atoms with E-state index in [0.717, 1.165) is 25.1 Å². The van der Waals surface area contributed by atoms with Gasteiger partial charge in [0.15, 0.2) is 0 Å². The average Bonchev–Trinajstić information content (AvgIpc) is 3.21. The monoisotopic (exact) mass is 342 g/mol. The van der Waals surface area contributed by atoms with E-state index < -0.39 is 0 Å². The van der Waals surface area contributed by atoms with Crippen LogP contribution < -0.4 is 0 Å². The van der Waals surface area contributed by atoms with E-state index in [-0.39, 0.29) is 11.9 Å². The van der Waals surface area contributed by atoms with Crippen LogP contribution >= 0.6 is 0 Å². The van der Waals surface area contributed by atoms with Crippen LogP contribution in [0.4, 0.5) is 0 Å². The molecule has 5 heteroatoms. The van der Waals surface area contributed by atoms with Crippen molar-refractivity contribution in [3.05, 3.63) is 41.5 Å². The number of hydrogen-bond donors (Lipinski definition) is 0. The van der Waals surface area contributed by atoms with E-state index in [4.69, 9.17) is 0 Å². The highest BCUT2D eigenvalue weighted by molar-refractivity contribution is 5.92. The minimum atomic E-state index is -0.354. The van der Waals surface area contributed by atoms with Gasteiger partial charge in [-0.15, -0.1) is 0 Å². The van der Waals surface area contributed by atoms with Crippen molar-refractivity contribution in [1.82, 2.24) is 9.80 Å². The summed E-state index contributed by atoms with van der Waals surface area (Å²) in [5.41, 5.74) is 1.41. The Labute approximate surface area is 149 Å². The summed E-state index contributed by atoms with van der Waals surface area (Å²) in [6, 6.07) is 7.58. The average molecular weight is 342 g/mol. The van der Waals surface area contributed by atoms with Gasteiger partial charge in [0, 0.05) is 25.2 Å². The molecule has 0 radical (unpaired) electrons. The molecule has 0 N–H and O–H groups in total. The number of amides is 1. The highest BCUT2D eigenvalue weighted by Crippen LogP contribution is 2.20. The molecule has 0 unspecified atom stereocenters. The second-order valence-electron chi connectivity index (χ2n) is 6.77. The molecule has 1 aromatic rings. The summed E-state index contributed by atoms with van der Waals surface area (Å²) >= 11 is 0. The third kappa shape index (κ3) is 4.48. The number of nitrogens with zero attached hydrogens (tertiary/aromatic N) is 2. The van der Waals surface area contributed by atoms with E-state index in [1.54, 1.807) is 18.2 Å². The molecule has 0 bridgehead atoms. The van der Waals surface area contributed by atoms with Gasteiger partial charge in [0.05, 0.1) is 12.7 Å². The Morgan fingerprint density at radius 1 is 1.08 bits per heavy atom. The minimum Gasteiger partial charge on any atom is -0.465 e. The van der Waals surface area contributed by atoms with Gasteiger partial charge in [0.1, 0.15) is 0 Å². The number of rotatable bonds is 4. The molecular formula is C20H26N2O3. The van der Waals surface area contributed by atoms with E-state index in [2.05, 4.69) is 9.64 Å². The predicted molar refractivity (Wildman–Crippen MR) is 97.2 cm³/mol. The topological polar surface area (TPSA) is 49.9 Å². The lowest BCUT2D eigenvalue weighted by Crippen LogP contribution is -2.48. The van der Waals surface area contributed by atoms with Crippen LogP contribution in [0.15, 0.2) is 30.3 Å². The molecule has 25 heavy (non-hydrogen) atoms. The Morgan fingerprint density at radius 2 is 1.80 bits per heavy atom. The number of carbonyl (C=O) groups excluding carboxylic acids is 2. The molecule has 0 aromatic heterocycles. The van der Waals surface area contributed by atoms with E-state index in [0.29, 0.717) is 11.6 Å². The molecule has 0 spiro atoms. The highest BCUT2D eigenvalue weighted by atomic mass is 16.5. The van der Waals surface area contributed by atoms with E-state index in [9.17, 15) is 9.59 Å². The number of ether oxygens (including phenoxy) is 1. The normalized spacial score (nSPS) is 21.6. The number of carbonyl (C=O) groups is 2. The Bertz CT molecular complexity index is 633. The van der Waals surface area contributed by atoms with Crippen molar-refractivity contribution in [3.63, 3.8) is 0 Å². The van der Waals surface area contributed by atoms with Gasteiger partial charge in [0.2, 0.25) is 5.91 Å². The van der Waals surface area contributed by atoms with Gasteiger partial charge in [0.25, 0.3) is 0 Å². The smallest absolute Gasteiger partial charge is 0.337 e. The third-order valence-electron chi connectivity index (χ3n) is 5.12. The zero-order chi connectivity index (χ0) is 17.6. The molecule has 0 saturated carbocycles. The Kier molecular flexibility index (Phi) is 5.87. The Morgan fingerprint density at radius 3 is 2.48 bits per heavy atom. The molecule has 2 fully saturated rings. The third-order valence-corrected chi connectivity index (χ3v) is 5.12. The largest absolute Gasteiger partial charge is 0.465 e. The summed E-state index contributed by atoms with van der Waals surface area (Å²) in [6.45, 7) is 4.03. The number of benzene rings is 1. The Hall–Kier alpha value is -2.14. The van der Waals surface area contributed by atoms with E-state index in [1.807, 2.05) is 23.1 Å². The Balaban J connectivity index is 1.57. The molecule has 1 aromatic carbocycles. The SMILES string of the molecule is COC(=O)c1ccc(/C=C\C(=O)N2CCC[C@@H](N3CCCC3)C2)cc1. The minimum absolute atomic E-state index is 0.0703. The fraction of sp³-hybridized carbons (Fsp3) is 0.500. The quantitative estimate of drug-likeness (QED) is 0.623.